The van der Waals surface area contributed by atoms with Gasteiger partial charge in [0.05, 0.1) is 12.1 Å². The lowest BCUT2D eigenvalue weighted by Gasteiger charge is -2.12. The Balaban J connectivity index is 1.83. The number of carbonyl (C=O) groups is 1. The van der Waals surface area contributed by atoms with Crippen LogP contribution in [0.5, 0.6) is 0 Å². The molecule has 1 N–H and O–H groups in total. The Morgan fingerprint density at radius 2 is 2.23 bits per heavy atom. The van der Waals surface area contributed by atoms with Crippen LogP contribution < -0.4 is 5.32 Å². The summed E-state index contributed by atoms with van der Waals surface area (Å²) in [5, 5.41) is 5.79. The van der Waals surface area contributed by atoms with Gasteiger partial charge in [-0.2, -0.15) is 0 Å². The first-order chi connectivity index (χ1) is 10.6. The Bertz CT molecular complexity index is 603. The molecule has 2 heterocycles. The fraction of sp³-hybridized carbons (Fsp3) is 0.529. The predicted octanol–water partition coefficient (Wildman–Crippen LogP) is 4.34. The number of rotatable bonds is 8. The van der Waals surface area contributed by atoms with Crippen LogP contribution >= 0.6 is 11.3 Å². The third kappa shape index (κ3) is 4.98. The molecule has 0 radical (unpaired) electrons. The molecule has 0 spiro atoms. The molecule has 0 aromatic carbocycles. The van der Waals surface area contributed by atoms with E-state index in [4.69, 9.17) is 4.42 Å². The van der Waals surface area contributed by atoms with Crippen LogP contribution in [-0.2, 0) is 11.2 Å². The number of aryl methyl sites for hydroxylation is 1. The van der Waals surface area contributed by atoms with Crippen molar-refractivity contribution >= 4 is 17.2 Å². The third-order valence-electron chi connectivity index (χ3n) is 3.49. The maximum Gasteiger partial charge on any atom is 0.226 e. The van der Waals surface area contributed by atoms with Crippen molar-refractivity contribution in [2.45, 2.75) is 58.9 Å². The van der Waals surface area contributed by atoms with Gasteiger partial charge < -0.3 is 9.73 Å². The zero-order valence-electron chi connectivity index (χ0n) is 13.5. The van der Waals surface area contributed by atoms with Crippen molar-refractivity contribution in [3.8, 4) is 10.8 Å². The number of nitrogens with one attached hydrogen (secondary N) is 1. The molecule has 0 saturated heterocycles. The van der Waals surface area contributed by atoms with E-state index < -0.39 is 0 Å². The maximum absolute atomic E-state index is 12.0. The van der Waals surface area contributed by atoms with Crippen LogP contribution in [0.3, 0.4) is 0 Å². The zero-order chi connectivity index (χ0) is 15.9. The van der Waals surface area contributed by atoms with Gasteiger partial charge in [-0.1, -0.05) is 26.2 Å². The van der Waals surface area contributed by atoms with Crippen LogP contribution in [0, 0.1) is 6.92 Å². The highest BCUT2D eigenvalue weighted by Crippen LogP contribution is 2.25. The molecular weight excluding hydrogens is 296 g/mol. The Morgan fingerprint density at radius 1 is 1.41 bits per heavy atom. The van der Waals surface area contributed by atoms with Crippen molar-refractivity contribution in [1.82, 2.24) is 10.3 Å². The van der Waals surface area contributed by atoms with Gasteiger partial charge >= 0.3 is 0 Å². The first-order valence-electron chi connectivity index (χ1n) is 7.89. The summed E-state index contributed by atoms with van der Waals surface area (Å²) in [6.45, 7) is 6.15. The molecule has 2 rings (SSSR count). The topological polar surface area (TPSA) is 55.1 Å². The molecule has 1 atom stereocenters. The van der Waals surface area contributed by atoms with E-state index in [-0.39, 0.29) is 11.9 Å². The first-order valence-corrected chi connectivity index (χ1v) is 8.77. The largest absolute Gasteiger partial charge is 0.459 e. The summed E-state index contributed by atoms with van der Waals surface area (Å²) in [6, 6.07) is 4.06. The molecule has 4 nitrogen and oxygen atoms in total. The molecule has 0 aliphatic heterocycles. The Kier molecular flexibility index (Phi) is 6.19. The number of hydrogen-bond donors (Lipinski definition) is 1. The monoisotopic (exact) mass is 320 g/mol. The number of aromatic nitrogens is 1. The fourth-order valence-electron chi connectivity index (χ4n) is 2.31. The molecule has 0 saturated carbocycles. The average Bonchev–Trinajstić information content (AvgIpc) is 3.08. The minimum absolute atomic E-state index is 0.0384. The number of hydrogen-bond acceptors (Lipinski definition) is 4. The lowest BCUT2D eigenvalue weighted by Crippen LogP contribution is -2.33. The van der Waals surface area contributed by atoms with Gasteiger partial charge in [0.2, 0.25) is 5.91 Å². The van der Waals surface area contributed by atoms with Crippen molar-refractivity contribution < 1.29 is 9.21 Å². The third-order valence-corrected chi connectivity index (χ3v) is 4.40. The number of amides is 1. The number of furan rings is 1. The van der Waals surface area contributed by atoms with Crippen LogP contribution in [-0.4, -0.2) is 16.9 Å². The SMILES string of the molecule is CCCCCC(C)NC(=O)Cc1csc(-c2ccc(C)o2)n1. The van der Waals surface area contributed by atoms with Crippen molar-refractivity contribution in [2.75, 3.05) is 0 Å². The van der Waals surface area contributed by atoms with Crippen LogP contribution in [0.1, 0.15) is 51.0 Å². The Labute approximate surface area is 136 Å². The fourth-order valence-corrected chi connectivity index (χ4v) is 3.09. The van der Waals surface area contributed by atoms with Crippen molar-refractivity contribution in [2.24, 2.45) is 0 Å². The molecule has 2 aromatic rings. The van der Waals surface area contributed by atoms with Crippen molar-refractivity contribution in [1.29, 1.82) is 0 Å². The highest BCUT2D eigenvalue weighted by molar-refractivity contribution is 7.13. The normalized spacial score (nSPS) is 12.3. The van der Waals surface area contributed by atoms with Crippen LogP contribution in [0.2, 0.25) is 0 Å². The summed E-state index contributed by atoms with van der Waals surface area (Å²) < 4.78 is 5.55. The van der Waals surface area contributed by atoms with Gasteiger partial charge in [0.1, 0.15) is 5.76 Å². The standard InChI is InChI=1S/C17H24N2O2S/c1-4-5-6-7-12(2)18-16(20)10-14-11-22-17(19-14)15-9-8-13(3)21-15/h8-9,11-12H,4-7,10H2,1-3H3,(H,18,20). The summed E-state index contributed by atoms with van der Waals surface area (Å²) in [6.07, 6.45) is 4.95. The molecule has 2 aromatic heterocycles. The summed E-state index contributed by atoms with van der Waals surface area (Å²) in [5.74, 6) is 1.67. The van der Waals surface area contributed by atoms with Gasteiger partial charge in [-0.15, -0.1) is 11.3 Å². The molecule has 1 amide bonds. The molecule has 0 fully saturated rings. The smallest absolute Gasteiger partial charge is 0.226 e. The lowest BCUT2D eigenvalue weighted by molar-refractivity contribution is -0.121. The highest BCUT2D eigenvalue weighted by Gasteiger charge is 2.12. The molecule has 0 bridgehead atoms. The molecule has 22 heavy (non-hydrogen) atoms. The van der Waals surface area contributed by atoms with E-state index in [2.05, 4.69) is 24.1 Å². The highest BCUT2D eigenvalue weighted by atomic mass is 32.1. The van der Waals surface area contributed by atoms with E-state index in [0.29, 0.717) is 6.42 Å². The van der Waals surface area contributed by atoms with Crippen molar-refractivity contribution in [3.05, 3.63) is 29.0 Å². The Morgan fingerprint density at radius 3 is 2.91 bits per heavy atom. The molecule has 5 heteroatoms. The van der Waals surface area contributed by atoms with Gasteiger partial charge in [0.15, 0.2) is 10.8 Å². The van der Waals surface area contributed by atoms with Crippen LogP contribution in [0.15, 0.2) is 21.9 Å². The number of thiazole rings is 1. The van der Waals surface area contributed by atoms with Crippen molar-refractivity contribution in [3.63, 3.8) is 0 Å². The number of carbonyl (C=O) groups excluding carboxylic acids is 1. The van der Waals surface area contributed by atoms with Gasteiger partial charge in [0, 0.05) is 11.4 Å². The second-order valence-corrected chi connectivity index (χ2v) is 6.55. The molecule has 0 aliphatic rings. The van der Waals surface area contributed by atoms with Gasteiger partial charge in [-0.05, 0) is 32.4 Å². The van der Waals surface area contributed by atoms with Gasteiger partial charge in [0.25, 0.3) is 0 Å². The quantitative estimate of drug-likeness (QED) is 0.736. The lowest BCUT2D eigenvalue weighted by atomic mass is 10.1. The minimum atomic E-state index is 0.0384. The maximum atomic E-state index is 12.0. The molecule has 120 valence electrons. The van der Waals surface area contributed by atoms with E-state index in [1.807, 2.05) is 24.4 Å². The summed E-state index contributed by atoms with van der Waals surface area (Å²) in [7, 11) is 0. The summed E-state index contributed by atoms with van der Waals surface area (Å²) in [5.41, 5.74) is 0.798. The van der Waals surface area contributed by atoms with Crippen LogP contribution in [0.4, 0.5) is 0 Å². The second kappa shape index (κ2) is 8.13. The van der Waals surface area contributed by atoms with E-state index in [1.165, 1.54) is 24.2 Å². The van der Waals surface area contributed by atoms with Gasteiger partial charge in [-0.25, -0.2) is 4.98 Å². The van der Waals surface area contributed by atoms with E-state index >= 15 is 0 Å². The van der Waals surface area contributed by atoms with E-state index in [9.17, 15) is 4.79 Å². The average molecular weight is 320 g/mol. The number of unbranched alkanes of at least 4 members (excludes halogenated alkanes) is 2. The van der Waals surface area contributed by atoms with Crippen LogP contribution in [0.25, 0.3) is 10.8 Å². The zero-order valence-corrected chi connectivity index (χ0v) is 14.3. The predicted molar refractivity (Wildman–Crippen MR) is 90.0 cm³/mol. The van der Waals surface area contributed by atoms with Gasteiger partial charge in [-0.3, -0.25) is 4.79 Å². The summed E-state index contributed by atoms with van der Waals surface area (Å²) >= 11 is 1.51. The second-order valence-electron chi connectivity index (χ2n) is 5.70. The molecule has 0 aliphatic carbocycles. The van der Waals surface area contributed by atoms with E-state index in [0.717, 1.165) is 35.1 Å². The number of nitrogens with zero attached hydrogens (tertiary/aromatic N) is 1. The first kappa shape index (κ1) is 16.7. The molecule has 1 unspecified atom stereocenters. The Hall–Kier alpha value is -1.62. The summed E-state index contributed by atoms with van der Waals surface area (Å²) in [4.78, 5) is 16.5. The van der Waals surface area contributed by atoms with E-state index in [1.54, 1.807) is 0 Å². The minimum Gasteiger partial charge on any atom is -0.459 e. The molecular formula is C17H24N2O2S.